The molecule has 0 bridgehead atoms. The Morgan fingerprint density at radius 1 is 1.48 bits per heavy atom. The summed E-state index contributed by atoms with van der Waals surface area (Å²) in [6.45, 7) is 0.345. The number of amidine groups is 1. The topological polar surface area (TPSA) is 96.9 Å². The minimum atomic E-state index is -2.91. The van der Waals surface area contributed by atoms with Crippen LogP contribution in [0.3, 0.4) is 0 Å². The first-order valence-electron chi connectivity index (χ1n) is 6.17. The van der Waals surface area contributed by atoms with Gasteiger partial charge in [0, 0.05) is 5.69 Å². The van der Waals surface area contributed by atoms with Crippen molar-refractivity contribution < 1.29 is 23.5 Å². The van der Waals surface area contributed by atoms with Crippen LogP contribution in [0.1, 0.15) is 20.3 Å². The van der Waals surface area contributed by atoms with Crippen molar-refractivity contribution in [2.24, 2.45) is 16.3 Å². The molecule has 0 aliphatic carbocycles. The fourth-order valence-electron chi connectivity index (χ4n) is 1.56. The van der Waals surface area contributed by atoms with E-state index in [1.165, 1.54) is 31.2 Å². The van der Waals surface area contributed by atoms with Crippen molar-refractivity contribution in [1.82, 2.24) is 0 Å². The number of hydrogen-bond acceptors (Lipinski definition) is 4. The van der Waals surface area contributed by atoms with Gasteiger partial charge in [-0.3, -0.25) is 4.79 Å². The fourth-order valence-corrected chi connectivity index (χ4v) is 1.56. The number of nitrogens with zero attached hydrogens (tertiary/aromatic N) is 1. The molecule has 1 aromatic rings. The van der Waals surface area contributed by atoms with Crippen LogP contribution in [-0.2, 0) is 4.79 Å². The number of rotatable bonds is 6. The van der Waals surface area contributed by atoms with Crippen LogP contribution < -0.4 is 15.8 Å². The second kappa shape index (κ2) is 6.87. The van der Waals surface area contributed by atoms with Crippen LogP contribution >= 0.6 is 0 Å². The molecule has 0 saturated heterocycles. The molecule has 1 atom stereocenters. The number of carbonyl (C=O) groups is 1. The maximum Gasteiger partial charge on any atom is 0.387 e. The molecule has 0 aromatic heterocycles. The third-order valence-corrected chi connectivity index (χ3v) is 3.22. The van der Waals surface area contributed by atoms with E-state index in [9.17, 15) is 13.6 Å². The van der Waals surface area contributed by atoms with Crippen molar-refractivity contribution >= 4 is 17.4 Å². The van der Waals surface area contributed by atoms with Gasteiger partial charge >= 0.3 is 6.61 Å². The first-order valence-corrected chi connectivity index (χ1v) is 6.17. The van der Waals surface area contributed by atoms with E-state index in [0.717, 1.165) is 0 Å². The number of alkyl halides is 2. The summed E-state index contributed by atoms with van der Waals surface area (Å²) in [5.74, 6) is -0.694. The maximum absolute atomic E-state index is 12.2. The van der Waals surface area contributed by atoms with Gasteiger partial charge in [0.05, 0.1) is 0 Å². The highest BCUT2D eigenvalue weighted by Gasteiger charge is 2.36. The van der Waals surface area contributed by atoms with Gasteiger partial charge in [-0.05, 0) is 37.6 Å². The van der Waals surface area contributed by atoms with E-state index in [-0.39, 0.29) is 11.6 Å². The van der Waals surface area contributed by atoms with Gasteiger partial charge in [0.1, 0.15) is 11.2 Å². The van der Waals surface area contributed by atoms with Crippen molar-refractivity contribution in [2.75, 3.05) is 5.32 Å². The first kappa shape index (κ1) is 16.7. The lowest BCUT2D eigenvalue weighted by Crippen LogP contribution is -2.44. The molecular weight excluding hydrogens is 284 g/mol. The number of oxime groups is 1. The fraction of sp³-hybridized carbons (Fsp3) is 0.385. The van der Waals surface area contributed by atoms with E-state index in [4.69, 9.17) is 10.9 Å². The van der Waals surface area contributed by atoms with Gasteiger partial charge in [-0.1, -0.05) is 12.1 Å². The molecule has 1 rings (SSSR count). The number of nitrogens with two attached hydrogens (primary N) is 1. The molecule has 0 saturated carbocycles. The summed E-state index contributed by atoms with van der Waals surface area (Å²) in [5, 5.41) is 14.2. The molecule has 1 unspecified atom stereocenters. The van der Waals surface area contributed by atoms with Gasteiger partial charge in [0.25, 0.3) is 0 Å². The first-order chi connectivity index (χ1) is 9.83. The Morgan fingerprint density at radius 3 is 2.48 bits per heavy atom. The molecule has 4 N–H and O–H groups in total. The molecule has 0 heterocycles. The van der Waals surface area contributed by atoms with Crippen LogP contribution in [-0.4, -0.2) is 23.6 Å². The predicted molar refractivity (Wildman–Crippen MR) is 73.5 cm³/mol. The Kier molecular flexibility index (Phi) is 5.45. The van der Waals surface area contributed by atoms with Crippen molar-refractivity contribution in [3.8, 4) is 5.75 Å². The molecule has 6 nitrogen and oxygen atoms in total. The molecular formula is C13H17F2N3O3. The van der Waals surface area contributed by atoms with Gasteiger partial charge in [0.15, 0.2) is 5.84 Å². The average molecular weight is 301 g/mol. The van der Waals surface area contributed by atoms with Gasteiger partial charge in [-0.25, -0.2) is 0 Å². The van der Waals surface area contributed by atoms with E-state index in [2.05, 4.69) is 15.2 Å². The highest BCUT2D eigenvalue weighted by molar-refractivity contribution is 6.11. The Hall–Kier alpha value is -2.38. The Morgan fingerprint density at radius 2 is 2.05 bits per heavy atom. The van der Waals surface area contributed by atoms with Gasteiger partial charge in [0.2, 0.25) is 5.91 Å². The van der Waals surface area contributed by atoms with E-state index in [0.29, 0.717) is 12.1 Å². The summed E-state index contributed by atoms with van der Waals surface area (Å²) in [5.41, 5.74) is 4.74. The summed E-state index contributed by atoms with van der Waals surface area (Å²) in [6, 6.07) is 5.43. The summed E-state index contributed by atoms with van der Waals surface area (Å²) in [6.07, 6.45) is 0.321. The van der Waals surface area contributed by atoms with Crippen LogP contribution in [0.25, 0.3) is 0 Å². The van der Waals surface area contributed by atoms with Crippen LogP contribution in [0.2, 0.25) is 0 Å². The number of amides is 1. The molecule has 0 radical (unpaired) electrons. The van der Waals surface area contributed by atoms with E-state index in [1.54, 1.807) is 6.92 Å². The normalized spacial score (nSPS) is 14.6. The lowest BCUT2D eigenvalue weighted by atomic mass is 9.85. The SMILES string of the molecule is CCC(C)(C(=O)Nc1ccc(OC(F)F)cc1)/C(N)=N/O. The van der Waals surface area contributed by atoms with Crippen molar-refractivity contribution in [2.45, 2.75) is 26.9 Å². The summed E-state index contributed by atoms with van der Waals surface area (Å²) >= 11 is 0. The Bertz CT molecular complexity index is 520. The third-order valence-electron chi connectivity index (χ3n) is 3.22. The average Bonchev–Trinajstić information content (AvgIpc) is 2.46. The number of ether oxygens (including phenoxy) is 1. The molecule has 1 aromatic carbocycles. The van der Waals surface area contributed by atoms with Gasteiger partial charge in [-0.2, -0.15) is 8.78 Å². The molecule has 0 aliphatic heterocycles. The lowest BCUT2D eigenvalue weighted by molar-refractivity contribution is -0.121. The molecule has 0 spiro atoms. The van der Waals surface area contributed by atoms with E-state index in [1.807, 2.05) is 0 Å². The molecule has 0 aliphatic rings. The monoisotopic (exact) mass is 301 g/mol. The number of carbonyl (C=O) groups excluding carboxylic acids is 1. The third kappa shape index (κ3) is 4.04. The van der Waals surface area contributed by atoms with Crippen LogP contribution in [0, 0.1) is 5.41 Å². The molecule has 116 valence electrons. The number of anilines is 1. The van der Waals surface area contributed by atoms with Crippen LogP contribution in [0.5, 0.6) is 5.75 Å². The highest BCUT2D eigenvalue weighted by Crippen LogP contribution is 2.25. The highest BCUT2D eigenvalue weighted by atomic mass is 19.3. The largest absolute Gasteiger partial charge is 0.435 e. The van der Waals surface area contributed by atoms with Gasteiger partial charge in [-0.15, -0.1) is 0 Å². The molecule has 8 heteroatoms. The zero-order valence-electron chi connectivity index (χ0n) is 11.6. The van der Waals surface area contributed by atoms with E-state index >= 15 is 0 Å². The minimum absolute atomic E-state index is 0.0160. The number of nitrogens with one attached hydrogen (secondary N) is 1. The summed E-state index contributed by atoms with van der Waals surface area (Å²) in [4.78, 5) is 12.2. The predicted octanol–water partition coefficient (Wildman–Crippen LogP) is 2.39. The Balaban J connectivity index is 2.83. The van der Waals surface area contributed by atoms with Crippen LogP contribution in [0.15, 0.2) is 29.4 Å². The quantitative estimate of drug-likeness (QED) is 0.325. The zero-order valence-corrected chi connectivity index (χ0v) is 11.6. The Labute approximate surface area is 120 Å². The number of hydrogen-bond donors (Lipinski definition) is 3. The smallest absolute Gasteiger partial charge is 0.387 e. The van der Waals surface area contributed by atoms with Crippen molar-refractivity contribution in [3.63, 3.8) is 0 Å². The number of halogens is 2. The lowest BCUT2D eigenvalue weighted by Gasteiger charge is -2.25. The molecule has 1 amide bonds. The molecule has 0 fully saturated rings. The minimum Gasteiger partial charge on any atom is -0.435 e. The second-order valence-electron chi connectivity index (χ2n) is 4.53. The van der Waals surface area contributed by atoms with Crippen molar-refractivity contribution in [1.29, 1.82) is 0 Å². The van der Waals surface area contributed by atoms with Crippen molar-refractivity contribution in [3.05, 3.63) is 24.3 Å². The molecule has 21 heavy (non-hydrogen) atoms. The summed E-state index contributed by atoms with van der Waals surface area (Å²) < 4.78 is 28.2. The summed E-state index contributed by atoms with van der Waals surface area (Å²) in [7, 11) is 0. The van der Waals surface area contributed by atoms with Crippen LogP contribution in [0.4, 0.5) is 14.5 Å². The zero-order chi connectivity index (χ0) is 16.0. The number of benzene rings is 1. The standard InChI is InChI=1S/C13H17F2N3O3/c1-3-13(2,10(16)18-20)11(19)17-8-4-6-9(7-5-8)21-12(14)15/h4-7,12,20H,3H2,1-2H3,(H2,16,18)(H,17,19). The van der Waals surface area contributed by atoms with E-state index < -0.39 is 17.9 Å². The van der Waals surface area contributed by atoms with Gasteiger partial charge < -0.3 is 21.0 Å². The maximum atomic E-state index is 12.2. The second-order valence-corrected chi connectivity index (χ2v) is 4.53.